The van der Waals surface area contributed by atoms with Gasteiger partial charge < -0.3 is 4.57 Å². The van der Waals surface area contributed by atoms with Gasteiger partial charge in [-0.25, -0.2) is 0 Å². The Balaban J connectivity index is 1.77. The van der Waals surface area contributed by atoms with E-state index >= 15 is 0 Å². The summed E-state index contributed by atoms with van der Waals surface area (Å²) in [4.78, 5) is 0. The minimum absolute atomic E-state index is 1.14. The summed E-state index contributed by atoms with van der Waals surface area (Å²) in [7, 11) is 2.15. The summed E-state index contributed by atoms with van der Waals surface area (Å²) in [5.74, 6) is 0. The molecule has 0 unspecified atom stereocenters. The molecule has 2 heteroatoms. The van der Waals surface area contributed by atoms with Gasteiger partial charge in [0.1, 0.15) is 7.05 Å². The second kappa shape index (κ2) is 9.23. The molecule has 0 saturated carbocycles. The van der Waals surface area contributed by atoms with E-state index in [9.17, 15) is 0 Å². The van der Waals surface area contributed by atoms with E-state index in [0.717, 1.165) is 6.54 Å². The molecule has 0 radical (unpaired) electrons. The number of hydrogen-bond acceptors (Lipinski definition) is 0. The SMILES string of the molecule is CCCCCCCn1c(C)cc(/C=C/c2ccc3cc(C)ccc3[n+]2C)c1C. The summed E-state index contributed by atoms with van der Waals surface area (Å²) in [5, 5.41) is 1.29. The molecular weight excluding hydrogens is 340 g/mol. The summed E-state index contributed by atoms with van der Waals surface area (Å²) in [6.45, 7) is 10.0. The summed E-state index contributed by atoms with van der Waals surface area (Å²) >= 11 is 0. The Morgan fingerprint density at radius 3 is 2.46 bits per heavy atom. The van der Waals surface area contributed by atoms with Crippen molar-refractivity contribution < 1.29 is 4.57 Å². The van der Waals surface area contributed by atoms with Crippen molar-refractivity contribution in [1.82, 2.24) is 4.57 Å². The maximum Gasteiger partial charge on any atom is 0.212 e. The average molecular weight is 376 g/mol. The predicted octanol–water partition coefficient (Wildman–Crippen LogP) is 6.53. The highest BCUT2D eigenvalue weighted by Crippen LogP contribution is 2.20. The van der Waals surface area contributed by atoms with Crippen molar-refractivity contribution in [2.75, 3.05) is 0 Å². The molecule has 0 spiro atoms. The van der Waals surface area contributed by atoms with E-state index in [2.05, 4.69) is 92.4 Å². The van der Waals surface area contributed by atoms with Crippen molar-refractivity contribution in [3.05, 3.63) is 64.6 Å². The van der Waals surface area contributed by atoms with Gasteiger partial charge in [0.05, 0.1) is 0 Å². The van der Waals surface area contributed by atoms with Gasteiger partial charge in [-0.1, -0.05) is 44.2 Å². The Kier molecular flexibility index (Phi) is 6.72. The van der Waals surface area contributed by atoms with Crippen LogP contribution in [0.5, 0.6) is 0 Å². The minimum Gasteiger partial charge on any atom is -0.349 e. The normalized spacial score (nSPS) is 11.8. The monoisotopic (exact) mass is 375 g/mol. The number of unbranched alkanes of at least 4 members (excludes halogenated alkanes) is 4. The Hall–Kier alpha value is -2.35. The molecule has 0 amide bonds. The Morgan fingerprint density at radius 1 is 0.893 bits per heavy atom. The molecule has 148 valence electrons. The third kappa shape index (κ3) is 4.55. The van der Waals surface area contributed by atoms with E-state index in [-0.39, 0.29) is 0 Å². The van der Waals surface area contributed by atoms with Gasteiger partial charge in [-0.3, -0.25) is 0 Å². The first-order chi connectivity index (χ1) is 13.5. The lowest BCUT2D eigenvalue weighted by Crippen LogP contribution is -2.32. The molecule has 0 aliphatic carbocycles. The van der Waals surface area contributed by atoms with Crippen LogP contribution in [0.1, 0.15) is 67.2 Å². The third-order valence-corrected chi connectivity index (χ3v) is 5.90. The largest absolute Gasteiger partial charge is 0.349 e. The number of aryl methyl sites for hydroxylation is 3. The van der Waals surface area contributed by atoms with E-state index < -0.39 is 0 Å². The van der Waals surface area contributed by atoms with Crippen molar-refractivity contribution in [2.24, 2.45) is 7.05 Å². The van der Waals surface area contributed by atoms with Crippen LogP contribution in [0.2, 0.25) is 0 Å². The highest BCUT2D eigenvalue weighted by Gasteiger charge is 2.11. The quantitative estimate of drug-likeness (QED) is 0.312. The van der Waals surface area contributed by atoms with E-state index in [1.54, 1.807) is 0 Å². The Labute approximate surface area is 170 Å². The number of hydrogen-bond donors (Lipinski definition) is 0. The first-order valence-electron chi connectivity index (χ1n) is 10.8. The van der Waals surface area contributed by atoms with Crippen LogP contribution in [0.3, 0.4) is 0 Å². The molecule has 28 heavy (non-hydrogen) atoms. The molecule has 0 aliphatic heterocycles. The molecule has 1 aromatic carbocycles. The molecule has 2 heterocycles. The van der Waals surface area contributed by atoms with Gasteiger partial charge in [0.25, 0.3) is 0 Å². The first kappa shape index (κ1) is 20.4. The number of fused-ring (bicyclic) bond motifs is 1. The third-order valence-electron chi connectivity index (χ3n) is 5.90. The van der Waals surface area contributed by atoms with Crippen molar-refractivity contribution in [3.63, 3.8) is 0 Å². The van der Waals surface area contributed by atoms with Crippen molar-refractivity contribution in [1.29, 1.82) is 0 Å². The topological polar surface area (TPSA) is 8.81 Å². The van der Waals surface area contributed by atoms with Crippen molar-refractivity contribution >= 4 is 23.1 Å². The van der Waals surface area contributed by atoms with E-state index in [1.807, 2.05) is 0 Å². The lowest BCUT2D eigenvalue weighted by molar-refractivity contribution is -0.646. The smallest absolute Gasteiger partial charge is 0.212 e. The molecule has 2 nitrogen and oxygen atoms in total. The fraction of sp³-hybridized carbons (Fsp3) is 0.423. The van der Waals surface area contributed by atoms with Gasteiger partial charge in [-0.2, -0.15) is 4.57 Å². The second-order valence-electron chi connectivity index (χ2n) is 8.11. The summed E-state index contributed by atoms with van der Waals surface area (Å²) in [6, 6.07) is 13.4. The molecule has 0 atom stereocenters. The zero-order valence-electron chi connectivity index (χ0n) is 18.3. The summed E-state index contributed by atoms with van der Waals surface area (Å²) in [5.41, 5.74) is 7.87. The highest BCUT2D eigenvalue weighted by atomic mass is 15.0. The van der Waals surface area contributed by atoms with Crippen molar-refractivity contribution in [2.45, 2.75) is 66.3 Å². The Morgan fingerprint density at radius 2 is 1.68 bits per heavy atom. The van der Waals surface area contributed by atoms with Gasteiger partial charge in [0.15, 0.2) is 0 Å². The maximum atomic E-state index is 2.48. The van der Waals surface area contributed by atoms with Gasteiger partial charge in [0, 0.05) is 41.5 Å². The second-order valence-corrected chi connectivity index (χ2v) is 8.11. The zero-order valence-corrected chi connectivity index (χ0v) is 18.3. The predicted molar refractivity (Wildman–Crippen MR) is 121 cm³/mol. The Bertz CT molecular complexity index is 976. The first-order valence-corrected chi connectivity index (χ1v) is 10.8. The fourth-order valence-corrected chi connectivity index (χ4v) is 4.10. The summed E-state index contributed by atoms with van der Waals surface area (Å²) < 4.78 is 4.76. The number of aromatic nitrogens is 2. The van der Waals surface area contributed by atoms with Crippen molar-refractivity contribution in [3.8, 4) is 0 Å². The van der Waals surface area contributed by atoms with Crippen LogP contribution in [0, 0.1) is 20.8 Å². The number of benzene rings is 1. The molecule has 3 aromatic rings. The molecule has 0 fully saturated rings. The molecule has 2 aromatic heterocycles. The molecule has 0 N–H and O–H groups in total. The average Bonchev–Trinajstić information content (AvgIpc) is 2.94. The number of pyridine rings is 1. The molecular formula is C26H35N2+. The van der Waals surface area contributed by atoms with Crippen LogP contribution in [0.15, 0.2) is 36.4 Å². The van der Waals surface area contributed by atoms with Crippen LogP contribution < -0.4 is 4.57 Å². The van der Waals surface area contributed by atoms with E-state index in [1.165, 1.54) is 71.2 Å². The standard InChI is InChI=1S/C26H35N2/c1-6-7-8-9-10-17-28-21(3)19-23(22(28)4)12-14-25-15-13-24-18-20(2)11-16-26(24)27(25)5/h11-16,18-19H,6-10,17H2,1-5H3/q+1. The van der Waals surface area contributed by atoms with Gasteiger partial charge >= 0.3 is 0 Å². The van der Waals surface area contributed by atoms with Gasteiger partial charge in [-0.15, -0.1) is 0 Å². The molecule has 3 rings (SSSR count). The lowest BCUT2D eigenvalue weighted by Gasteiger charge is -2.09. The van der Waals surface area contributed by atoms with Crippen LogP contribution in [0.25, 0.3) is 23.1 Å². The lowest BCUT2D eigenvalue weighted by atomic mass is 10.1. The summed E-state index contributed by atoms with van der Waals surface area (Å²) in [6.07, 6.45) is 11.2. The van der Waals surface area contributed by atoms with Crippen LogP contribution in [-0.4, -0.2) is 4.57 Å². The fourth-order valence-electron chi connectivity index (χ4n) is 4.10. The number of nitrogens with zero attached hydrogens (tertiary/aromatic N) is 2. The van der Waals surface area contributed by atoms with Gasteiger partial charge in [0.2, 0.25) is 11.2 Å². The molecule has 0 saturated heterocycles. The molecule has 0 bridgehead atoms. The maximum absolute atomic E-state index is 2.48. The van der Waals surface area contributed by atoms with E-state index in [0.29, 0.717) is 0 Å². The number of rotatable bonds is 8. The highest BCUT2D eigenvalue weighted by molar-refractivity contribution is 5.78. The zero-order chi connectivity index (χ0) is 20.1. The molecule has 0 aliphatic rings. The van der Waals surface area contributed by atoms with Crippen LogP contribution >= 0.6 is 0 Å². The van der Waals surface area contributed by atoms with Crippen LogP contribution in [-0.2, 0) is 13.6 Å². The van der Waals surface area contributed by atoms with Gasteiger partial charge in [-0.05, 0) is 57.0 Å². The van der Waals surface area contributed by atoms with E-state index in [4.69, 9.17) is 0 Å². The van der Waals surface area contributed by atoms with Crippen LogP contribution in [0.4, 0.5) is 0 Å². The minimum atomic E-state index is 1.14.